The van der Waals surface area contributed by atoms with Crippen molar-refractivity contribution in [2.24, 2.45) is 0 Å². The molecule has 0 bridgehead atoms. The summed E-state index contributed by atoms with van der Waals surface area (Å²) in [5.74, 6) is 0. The van der Waals surface area contributed by atoms with Gasteiger partial charge in [0.1, 0.15) is 0 Å². The third kappa shape index (κ3) is 5.18. The quantitative estimate of drug-likeness (QED) is 0.232. The van der Waals surface area contributed by atoms with Crippen molar-refractivity contribution in [3.63, 3.8) is 0 Å². The lowest BCUT2D eigenvalue weighted by Crippen LogP contribution is -2.50. The van der Waals surface area contributed by atoms with Crippen LogP contribution < -0.4 is 0 Å². The summed E-state index contributed by atoms with van der Waals surface area (Å²) < 4.78 is 5.57. The third-order valence-electron chi connectivity index (χ3n) is 8.60. The smallest absolute Gasteiger partial charge is 0.0845 e. The van der Waals surface area contributed by atoms with Crippen LogP contribution in [0.15, 0.2) is 95.5 Å². The Morgan fingerprint density at radius 2 is 0.902 bits per heavy atom. The number of fused-ring (bicyclic) bond motifs is 6. The van der Waals surface area contributed by atoms with E-state index in [1.165, 1.54) is 32.6 Å². The second-order valence-corrected chi connectivity index (χ2v) is 12.3. The van der Waals surface area contributed by atoms with Gasteiger partial charge >= 0.3 is 0 Å². The van der Waals surface area contributed by atoms with Crippen molar-refractivity contribution in [3.8, 4) is 0 Å². The molecule has 1 aliphatic rings. The number of rotatable bonds is 8. The third-order valence-corrected chi connectivity index (χ3v) is 9.10. The number of β-amino-alcohol motifs (C(OH)–C–C–N with tert-alkyl or cyclic N) is 2. The first kappa shape index (κ1) is 26.7. The van der Waals surface area contributed by atoms with Crippen molar-refractivity contribution >= 4 is 59.5 Å². The molecule has 0 amide bonds. The summed E-state index contributed by atoms with van der Waals surface area (Å²) in [4.78, 5) is 4.71. The van der Waals surface area contributed by atoms with Crippen molar-refractivity contribution in [2.75, 3.05) is 39.3 Å². The highest BCUT2D eigenvalue weighted by molar-refractivity contribution is 9.10. The minimum atomic E-state index is -0.468. The largest absolute Gasteiger partial charge is 0.390 e. The summed E-state index contributed by atoms with van der Waals surface area (Å²) in [6, 6.07) is 31.7. The molecule has 0 radical (unpaired) electrons. The van der Waals surface area contributed by atoms with Gasteiger partial charge in [-0.2, -0.15) is 0 Å². The molecule has 2 atom stereocenters. The SMILES string of the molecule is O[C@H](CN1CCN(C[C@H](O)Cn2c3ccccc3c3cc(Br)ccc32)CC1)Cn1c2ccccc2c2ccccc21. The Balaban J connectivity index is 0.970. The topological polar surface area (TPSA) is 56.8 Å². The molecule has 1 aliphatic heterocycles. The van der Waals surface area contributed by atoms with E-state index in [0.29, 0.717) is 26.2 Å². The van der Waals surface area contributed by atoms with Gasteiger partial charge in [-0.3, -0.25) is 9.80 Å². The highest BCUT2D eigenvalue weighted by Crippen LogP contribution is 2.32. The molecule has 0 unspecified atom stereocenters. The molecule has 7 heteroatoms. The van der Waals surface area contributed by atoms with Gasteiger partial charge in [0.2, 0.25) is 0 Å². The van der Waals surface area contributed by atoms with Crippen LogP contribution in [0.1, 0.15) is 0 Å². The molecule has 6 nitrogen and oxygen atoms in total. The number of hydrogen-bond acceptors (Lipinski definition) is 4. The second-order valence-electron chi connectivity index (χ2n) is 11.3. The van der Waals surface area contributed by atoms with Gasteiger partial charge in [-0.05, 0) is 36.4 Å². The molecule has 4 aromatic carbocycles. The predicted octanol–water partition coefficient (Wildman–Crippen LogP) is 5.70. The molecule has 6 aromatic rings. The minimum absolute atomic E-state index is 0.457. The number of aliphatic hydroxyl groups excluding tert-OH is 2. The fraction of sp³-hybridized carbons (Fsp3) is 0.294. The average Bonchev–Trinajstić information content (AvgIpc) is 3.46. The fourth-order valence-corrected chi connectivity index (χ4v) is 7.07. The van der Waals surface area contributed by atoms with Crippen molar-refractivity contribution in [2.45, 2.75) is 25.3 Å². The molecular weight excluding hydrogens is 576 g/mol. The zero-order chi connectivity index (χ0) is 27.9. The van der Waals surface area contributed by atoms with E-state index in [9.17, 15) is 10.2 Å². The lowest BCUT2D eigenvalue weighted by molar-refractivity contribution is 0.0415. The second kappa shape index (κ2) is 11.2. The van der Waals surface area contributed by atoms with Crippen molar-refractivity contribution < 1.29 is 10.2 Å². The van der Waals surface area contributed by atoms with Crippen LogP contribution in [0.25, 0.3) is 43.6 Å². The van der Waals surface area contributed by atoms with E-state index in [2.05, 4.69) is 126 Å². The Hall–Kier alpha value is -3.20. The van der Waals surface area contributed by atoms with E-state index in [0.717, 1.165) is 41.7 Å². The zero-order valence-electron chi connectivity index (χ0n) is 23.0. The molecule has 1 saturated heterocycles. The van der Waals surface area contributed by atoms with Crippen molar-refractivity contribution in [3.05, 3.63) is 95.5 Å². The highest BCUT2D eigenvalue weighted by atomic mass is 79.9. The van der Waals surface area contributed by atoms with Crippen LogP contribution in [0.3, 0.4) is 0 Å². The molecule has 210 valence electrons. The Bertz CT molecular complexity index is 1780. The summed E-state index contributed by atoms with van der Waals surface area (Å²) in [7, 11) is 0. The zero-order valence-corrected chi connectivity index (χ0v) is 24.6. The maximum absolute atomic E-state index is 11.1. The molecule has 1 fully saturated rings. The van der Waals surface area contributed by atoms with Gasteiger partial charge in [0.25, 0.3) is 0 Å². The number of aliphatic hydroxyl groups is 2. The van der Waals surface area contributed by atoms with Gasteiger partial charge in [0.05, 0.1) is 25.3 Å². The first-order chi connectivity index (χ1) is 20.0. The number of para-hydroxylation sites is 3. The van der Waals surface area contributed by atoms with E-state index in [-0.39, 0.29) is 0 Å². The first-order valence-corrected chi connectivity index (χ1v) is 15.3. The summed E-state index contributed by atoms with van der Waals surface area (Å²) >= 11 is 3.61. The van der Waals surface area contributed by atoms with Crippen molar-refractivity contribution in [1.29, 1.82) is 0 Å². The van der Waals surface area contributed by atoms with Crippen LogP contribution in [0.5, 0.6) is 0 Å². The van der Waals surface area contributed by atoms with Gasteiger partial charge in [-0.15, -0.1) is 0 Å². The maximum atomic E-state index is 11.1. The van der Waals surface area contributed by atoms with Crippen LogP contribution in [-0.2, 0) is 13.1 Å². The lowest BCUT2D eigenvalue weighted by Gasteiger charge is -2.36. The van der Waals surface area contributed by atoms with Crippen LogP contribution >= 0.6 is 15.9 Å². The summed E-state index contributed by atoms with van der Waals surface area (Å²) in [6.45, 7) is 5.97. The Morgan fingerprint density at radius 3 is 1.37 bits per heavy atom. The molecule has 7 rings (SSSR count). The van der Waals surface area contributed by atoms with Gasteiger partial charge in [-0.25, -0.2) is 0 Å². The van der Waals surface area contributed by atoms with E-state index in [1.807, 2.05) is 0 Å². The normalized spacial score (nSPS) is 16.8. The molecule has 0 spiro atoms. The number of aromatic nitrogens is 2. The highest BCUT2D eigenvalue weighted by Gasteiger charge is 2.23. The van der Waals surface area contributed by atoms with E-state index in [4.69, 9.17) is 0 Å². The maximum Gasteiger partial charge on any atom is 0.0845 e. The van der Waals surface area contributed by atoms with Crippen LogP contribution in [0.4, 0.5) is 0 Å². The number of piperazine rings is 1. The molecule has 0 aliphatic carbocycles. The van der Waals surface area contributed by atoms with Gasteiger partial charge in [0.15, 0.2) is 0 Å². The van der Waals surface area contributed by atoms with E-state index in [1.54, 1.807) is 0 Å². The minimum Gasteiger partial charge on any atom is -0.390 e. The van der Waals surface area contributed by atoms with Crippen molar-refractivity contribution in [1.82, 2.24) is 18.9 Å². The number of nitrogens with zero attached hydrogens (tertiary/aromatic N) is 4. The monoisotopic (exact) mass is 610 g/mol. The van der Waals surface area contributed by atoms with Crippen LogP contribution in [-0.4, -0.2) is 80.6 Å². The van der Waals surface area contributed by atoms with Gasteiger partial charge in [-0.1, -0.05) is 70.5 Å². The standard InChI is InChI=1S/C34H35BrN4O2/c35-24-13-14-34-30(19-24)29-9-3-6-12-33(29)39(34)23-26(41)21-37-17-15-36(16-18-37)20-25(40)22-38-31-10-4-1-7-27(31)28-8-2-5-11-32(28)38/h1-14,19,25-26,40-41H,15-18,20-23H2/t25-,26+/m1/s1. The molecule has 41 heavy (non-hydrogen) atoms. The summed E-state index contributed by atoms with van der Waals surface area (Å²) in [5.41, 5.74) is 4.64. The Kier molecular flexibility index (Phi) is 7.31. The van der Waals surface area contributed by atoms with E-state index >= 15 is 0 Å². The first-order valence-electron chi connectivity index (χ1n) is 14.5. The molecular formula is C34H35BrN4O2. The van der Waals surface area contributed by atoms with Gasteiger partial charge in [0, 0.05) is 87.4 Å². The van der Waals surface area contributed by atoms with Gasteiger partial charge < -0.3 is 19.3 Å². The predicted molar refractivity (Wildman–Crippen MR) is 171 cm³/mol. The molecule has 3 heterocycles. The van der Waals surface area contributed by atoms with E-state index < -0.39 is 12.2 Å². The number of halogens is 1. The van der Waals surface area contributed by atoms with Crippen LogP contribution in [0.2, 0.25) is 0 Å². The average molecular weight is 612 g/mol. The molecule has 0 saturated carbocycles. The summed E-state index contributed by atoms with van der Waals surface area (Å²) in [5, 5.41) is 27.1. The number of hydrogen-bond donors (Lipinski definition) is 2. The Morgan fingerprint density at radius 1 is 0.512 bits per heavy atom. The molecule has 2 aromatic heterocycles. The summed E-state index contributed by atoms with van der Waals surface area (Å²) in [6.07, 6.45) is -0.924. The Labute approximate surface area is 248 Å². The van der Waals surface area contributed by atoms with Crippen LogP contribution in [0, 0.1) is 0 Å². The number of benzene rings is 4. The fourth-order valence-electron chi connectivity index (χ4n) is 6.71. The molecule has 2 N–H and O–H groups in total. The lowest BCUT2D eigenvalue weighted by atomic mass is 10.2.